The van der Waals surface area contributed by atoms with Gasteiger partial charge < -0.3 is 10.1 Å². The van der Waals surface area contributed by atoms with Gasteiger partial charge in [-0.1, -0.05) is 19.3 Å². The van der Waals surface area contributed by atoms with Crippen molar-refractivity contribution in [2.24, 2.45) is 0 Å². The molecule has 4 heteroatoms. The van der Waals surface area contributed by atoms with E-state index in [2.05, 4.69) is 12.2 Å². The highest BCUT2D eigenvalue weighted by Crippen LogP contribution is 2.38. The molecule has 1 aliphatic heterocycles. The Morgan fingerprint density at radius 2 is 1.89 bits per heavy atom. The molecule has 0 aromatic carbocycles. The lowest BCUT2D eigenvalue weighted by atomic mass is 9.83. The van der Waals surface area contributed by atoms with Gasteiger partial charge in [0, 0.05) is 31.5 Å². The second-order valence-corrected chi connectivity index (χ2v) is 5.42. The van der Waals surface area contributed by atoms with E-state index in [0.29, 0.717) is 0 Å². The molecule has 1 aliphatic carbocycles. The third-order valence-corrected chi connectivity index (χ3v) is 4.35. The summed E-state index contributed by atoms with van der Waals surface area (Å²) in [5.74, 6) is 0.907. The van der Waals surface area contributed by atoms with Gasteiger partial charge in [-0.15, -0.1) is 0 Å². The van der Waals surface area contributed by atoms with Gasteiger partial charge in [-0.05, 0) is 19.8 Å². The fraction of sp³-hybridized carbons (Fsp3) is 0.714. The predicted molar refractivity (Wildman–Crippen MR) is 69.1 cm³/mol. The third kappa shape index (κ3) is 1.84. The number of methoxy groups -OCH3 is 1. The number of fused-ring (bicyclic) bond motifs is 1. The first-order valence-corrected chi connectivity index (χ1v) is 6.88. The molecule has 1 aromatic heterocycles. The molecule has 0 amide bonds. The van der Waals surface area contributed by atoms with E-state index in [-0.39, 0.29) is 5.60 Å². The number of nitrogens with zero attached hydrogens (tertiary/aromatic N) is 2. The average Bonchev–Trinajstić information content (AvgIpc) is 2.88. The van der Waals surface area contributed by atoms with Crippen LogP contribution in [0.2, 0.25) is 0 Å². The second kappa shape index (κ2) is 4.59. The maximum absolute atomic E-state index is 5.83. The lowest BCUT2D eigenvalue weighted by Gasteiger charge is -2.34. The zero-order chi connectivity index (χ0) is 12.6. The molecule has 1 N–H and O–H groups in total. The molecule has 0 unspecified atom stereocenters. The zero-order valence-corrected chi connectivity index (χ0v) is 11.3. The number of aromatic nitrogens is 2. The number of nitrogens with one attached hydrogen (secondary N) is 1. The van der Waals surface area contributed by atoms with Gasteiger partial charge in [-0.25, -0.2) is 9.97 Å². The number of hydrogen-bond donors (Lipinski definition) is 1. The number of hydrogen-bond acceptors (Lipinski definition) is 4. The summed E-state index contributed by atoms with van der Waals surface area (Å²) in [6, 6.07) is 0. The van der Waals surface area contributed by atoms with Crippen LogP contribution in [0.3, 0.4) is 0 Å². The molecule has 0 bridgehead atoms. The monoisotopic (exact) mass is 247 g/mol. The molecule has 4 nitrogen and oxygen atoms in total. The first kappa shape index (κ1) is 12.1. The smallest absolute Gasteiger partial charge is 0.160 e. The molecule has 98 valence electrons. The van der Waals surface area contributed by atoms with E-state index in [1.807, 2.05) is 0 Å². The molecular weight excluding hydrogens is 226 g/mol. The topological polar surface area (TPSA) is 47.0 Å². The highest BCUT2D eigenvalue weighted by atomic mass is 16.5. The lowest BCUT2D eigenvalue weighted by Crippen LogP contribution is -2.34. The van der Waals surface area contributed by atoms with Crippen molar-refractivity contribution < 1.29 is 4.74 Å². The van der Waals surface area contributed by atoms with Crippen LogP contribution in [0, 0.1) is 6.92 Å². The normalized spacial score (nSPS) is 21.9. The van der Waals surface area contributed by atoms with Crippen molar-refractivity contribution >= 4 is 0 Å². The van der Waals surface area contributed by atoms with Gasteiger partial charge in [0.15, 0.2) is 5.82 Å². The van der Waals surface area contributed by atoms with Crippen molar-refractivity contribution in [2.75, 3.05) is 7.11 Å². The summed E-state index contributed by atoms with van der Waals surface area (Å²) in [7, 11) is 1.80. The molecule has 2 aliphatic rings. The molecule has 0 radical (unpaired) electrons. The summed E-state index contributed by atoms with van der Waals surface area (Å²) in [6.07, 6.45) is 5.83. The zero-order valence-electron chi connectivity index (χ0n) is 11.3. The minimum Gasteiger partial charge on any atom is -0.370 e. The Hall–Kier alpha value is -1.00. The largest absolute Gasteiger partial charge is 0.370 e. The third-order valence-electron chi connectivity index (χ3n) is 4.35. The summed E-state index contributed by atoms with van der Waals surface area (Å²) in [6.45, 7) is 3.86. The summed E-state index contributed by atoms with van der Waals surface area (Å²) < 4.78 is 5.83. The molecule has 1 saturated carbocycles. The maximum atomic E-state index is 5.83. The van der Waals surface area contributed by atoms with E-state index in [1.165, 1.54) is 30.5 Å². The highest BCUT2D eigenvalue weighted by Gasteiger charge is 2.37. The summed E-state index contributed by atoms with van der Waals surface area (Å²) in [5, 5.41) is 3.35. The Kier molecular flexibility index (Phi) is 3.08. The molecular formula is C14H21N3O. The quantitative estimate of drug-likeness (QED) is 0.870. The Bertz CT molecular complexity index is 453. The Morgan fingerprint density at radius 1 is 1.11 bits per heavy atom. The van der Waals surface area contributed by atoms with Crippen LogP contribution in [-0.4, -0.2) is 17.1 Å². The van der Waals surface area contributed by atoms with Gasteiger partial charge in [-0.2, -0.15) is 0 Å². The maximum Gasteiger partial charge on any atom is 0.160 e. The van der Waals surface area contributed by atoms with E-state index in [0.717, 1.165) is 37.4 Å². The van der Waals surface area contributed by atoms with Crippen molar-refractivity contribution in [1.82, 2.24) is 15.3 Å². The van der Waals surface area contributed by atoms with Crippen molar-refractivity contribution in [3.63, 3.8) is 0 Å². The fourth-order valence-electron chi connectivity index (χ4n) is 3.18. The standard InChI is InChI=1S/C14H21N3O/c1-10-11-8-15-9-12(11)17-13(16-10)14(18-2)6-4-3-5-7-14/h15H,3-9H2,1-2H3. The predicted octanol–water partition coefficient (Wildman–Crippen LogP) is 2.19. The van der Waals surface area contributed by atoms with Crippen LogP contribution in [0.15, 0.2) is 0 Å². The van der Waals surface area contributed by atoms with Gasteiger partial charge in [0.1, 0.15) is 5.60 Å². The lowest BCUT2D eigenvalue weighted by molar-refractivity contribution is -0.0517. The number of rotatable bonds is 2. The molecule has 0 saturated heterocycles. The SMILES string of the molecule is COC1(c2nc(C)c3c(n2)CNC3)CCCCC1. The van der Waals surface area contributed by atoms with Crippen LogP contribution in [0.1, 0.15) is 54.9 Å². The van der Waals surface area contributed by atoms with E-state index in [1.54, 1.807) is 7.11 Å². The highest BCUT2D eigenvalue weighted by molar-refractivity contribution is 5.29. The average molecular weight is 247 g/mol. The molecule has 2 heterocycles. The fourth-order valence-corrected chi connectivity index (χ4v) is 3.18. The second-order valence-electron chi connectivity index (χ2n) is 5.42. The van der Waals surface area contributed by atoms with Crippen LogP contribution in [0.25, 0.3) is 0 Å². The first-order valence-electron chi connectivity index (χ1n) is 6.88. The van der Waals surface area contributed by atoms with Crippen LogP contribution in [0.4, 0.5) is 0 Å². The first-order chi connectivity index (χ1) is 8.75. The Morgan fingerprint density at radius 3 is 2.61 bits per heavy atom. The molecule has 0 atom stereocenters. The van der Waals surface area contributed by atoms with Gasteiger partial charge in [0.2, 0.25) is 0 Å². The number of aryl methyl sites for hydroxylation is 1. The molecule has 0 spiro atoms. The minimum absolute atomic E-state index is 0.235. The van der Waals surface area contributed by atoms with Crippen LogP contribution < -0.4 is 5.32 Å². The van der Waals surface area contributed by atoms with E-state index >= 15 is 0 Å². The van der Waals surface area contributed by atoms with Crippen molar-refractivity contribution in [1.29, 1.82) is 0 Å². The number of ether oxygens (including phenoxy) is 1. The van der Waals surface area contributed by atoms with Gasteiger partial charge >= 0.3 is 0 Å². The molecule has 1 fully saturated rings. The van der Waals surface area contributed by atoms with E-state index < -0.39 is 0 Å². The van der Waals surface area contributed by atoms with Crippen molar-refractivity contribution in [3.05, 3.63) is 22.8 Å². The summed E-state index contributed by atoms with van der Waals surface area (Å²) in [5.41, 5.74) is 3.32. The summed E-state index contributed by atoms with van der Waals surface area (Å²) in [4.78, 5) is 9.52. The van der Waals surface area contributed by atoms with Crippen molar-refractivity contribution in [2.45, 2.75) is 57.7 Å². The Balaban J connectivity index is 2.02. The molecule has 3 rings (SSSR count). The summed E-state index contributed by atoms with van der Waals surface area (Å²) >= 11 is 0. The van der Waals surface area contributed by atoms with Crippen LogP contribution >= 0.6 is 0 Å². The van der Waals surface area contributed by atoms with E-state index in [9.17, 15) is 0 Å². The Labute approximate surface area is 108 Å². The van der Waals surface area contributed by atoms with Gasteiger partial charge in [0.25, 0.3) is 0 Å². The molecule has 1 aromatic rings. The minimum atomic E-state index is -0.235. The molecule has 18 heavy (non-hydrogen) atoms. The van der Waals surface area contributed by atoms with Crippen LogP contribution in [-0.2, 0) is 23.4 Å². The van der Waals surface area contributed by atoms with Gasteiger partial charge in [-0.3, -0.25) is 0 Å². The van der Waals surface area contributed by atoms with Gasteiger partial charge in [0.05, 0.1) is 5.69 Å². The van der Waals surface area contributed by atoms with Crippen LogP contribution in [0.5, 0.6) is 0 Å². The van der Waals surface area contributed by atoms with Crippen molar-refractivity contribution in [3.8, 4) is 0 Å². The van der Waals surface area contributed by atoms with E-state index in [4.69, 9.17) is 14.7 Å².